The zero-order valence-electron chi connectivity index (χ0n) is 11.5. The largest absolute Gasteiger partial charge is 0.388 e. The van der Waals surface area contributed by atoms with Crippen LogP contribution in [0.15, 0.2) is 0 Å². The lowest BCUT2D eigenvalue weighted by molar-refractivity contribution is -0.130. The second-order valence-corrected chi connectivity index (χ2v) is 6.49. The number of rotatable bonds is 3. The fourth-order valence-corrected chi connectivity index (χ4v) is 3.12. The van der Waals surface area contributed by atoms with Crippen molar-refractivity contribution in [1.82, 2.24) is 5.32 Å². The van der Waals surface area contributed by atoms with Crippen molar-refractivity contribution in [3.8, 4) is 0 Å². The van der Waals surface area contributed by atoms with Crippen LogP contribution in [0.1, 0.15) is 46.0 Å². The molecule has 4 heteroatoms. The van der Waals surface area contributed by atoms with Crippen LogP contribution in [-0.4, -0.2) is 36.4 Å². The number of carbonyl (C=O) groups excluding carboxylic acids is 1. The summed E-state index contributed by atoms with van der Waals surface area (Å²) in [4.78, 5) is 12.2. The van der Waals surface area contributed by atoms with E-state index in [4.69, 9.17) is 4.74 Å². The van der Waals surface area contributed by atoms with Gasteiger partial charge in [-0.15, -0.1) is 0 Å². The van der Waals surface area contributed by atoms with Gasteiger partial charge in [0.25, 0.3) is 0 Å². The average Bonchev–Trinajstić information content (AvgIpc) is 2.67. The van der Waals surface area contributed by atoms with Crippen LogP contribution >= 0.6 is 0 Å². The van der Waals surface area contributed by atoms with E-state index in [9.17, 15) is 9.90 Å². The van der Waals surface area contributed by atoms with Gasteiger partial charge in [-0.2, -0.15) is 0 Å². The fourth-order valence-electron chi connectivity index (χ4n) is 3.12. The van der Waals surface area contributed by atoms with Crippen LogP contribution in [0.5, 0.6) is 0 Å². The Balaban J connectivity index is 1.84. The van der Waals surface area contributed by atoms with Gasteiger partial charge in [-0.3, -0.25) is 4.79 Å². The second-order valence-electron chi connectivity index (χ2n) is 6.49. The minimum atomic E-state index is -0.767. The summed E-state index contributed by atoms with van der Waals surface area (Å²) in [5.74, 6) is 0.207. The highest BCUT2D eigenvalue weighted by atomic mass is 16.5. The average molecular weight is 255 g/mol. The smallest absolute Gasteiger partial charge is 0.223 e. The minimum Gasteiger partial charge on any atom is -0.388 e. The van der Waals surface area contributed by atoms with E-state index in [1.165, 1.54) is 0 Å². The Hall–Kier alpha value is -0.610. The summed E-state index contributed by atoms with van der Waals surface area (Å²) in [5.41, 5.74) is -0.668. The molecular formula is C14H25NO3. The van der Waals surface area contributed by atoms with Crippen molar-refractivity contribution >= 4 is 5.91 Å². The second kappa shape index (κ2) is 5.17. The van der Waals surface area contributed by atoms with Gasteiger partial charge >= 0.3 is 0 Å². The summed E-state index contributed by atoms with van der Waals surface area (Å²) in [7, 11) is 0. The molecular weight excluding hydrogens is 230 g/mol. The van der Waals surface area contributed by atoms with Gasteiger partial charge in [0.2, 0.25) is 5.91 Å². The molecule has 1 aliphatic carbocycles. The molecule has 0 aromatic rings. The Morgan fingerprint density at radius 3 is 2.56 bits per heavy atom. The van der Waals surface area contributed by atoms with Crippen LogP contribution in [0.3, 0.4) is 0 Å². The molecule has 2 rings (SSSR count). The van der Waals surface area contributed by atoms with Gasteiger partial charge < -0.3 is 15.2 Å². The molecule has 1 saturated carbocycles. The topological polar surface area (TPSA) is 58.6 Å². The van der Waals surface area contributed by atoms with Crippen LogP contribution in [0.25, 0.3) is 0 Å². The van der Waals surface area contributed by atoms with Gasteiger partial charge in [-0.25, -0.2) is 0 Å². The maximum absolute atomic E-state index is 12.2. The Morgan fingerprint density at radius 1 is 1.33 bits per heavy atom. The predicted octanol–water partition coefficient (Wildman–Crippen LogP) is 1.47. The molecule has 1 unspecified atom stereocenters. The minimum absolute atomic E-state index is 0.0981. The zero-order chi connectivity index (χ0) is 13.2. The number of aliphatic hydroxyl groups is 1. The zero-order valence-corrected chi connectivity index (χ0v) is 11.5. The summed E-state index contributed by atoms with van der Waals surface area (Å²) in [6, 6.07) is 0. The molecule has 0 bridgehead atoms. The number of hydrogen-bond acceptors (Lipinski definition) is 3. The van der Waals surface area contributed by atoms with Gasteiger partial charge in [-0.1, -0.05) is 20.3 Å². The first-order valence-electron chi connectivity index (χ1n) is 7.01. The molecule has 1 atom stereocenters. The molecule has 0 radical (unpaired) electrons. The van der Waals surface area contributed by atoms with Crippen molar-refractivity contribution in [1.29, 1.82) is 0 Å². The SMILES string of the molecule is CC1(C)CCCC1C(=O)NCC1(O)CCOCC1. The highest BCUT2D eigenvalue weighted by molar-refractivity contribution is 5.79. The van der Waals surface area contributed by atoms with Gasteiger partial charge in [-0.05, 0) is 18.3 Å². The summed E-state index contributed by atoms with van der Waals surface area (Å²) < 4.78 is 5.23. The number of amides is 1. The van der Waals surface area contributed by atoms with E-state index in [0.29, 0.717) is 32.6 Å². The van der Waals surface area contributed by atoms with Crippen molar-refractivity contribution in [3.05, 3.63) is 0 Å². The van der Waals surface area contributed by atoms with Crippen molar-refractivity contribution in [2.75, 3.05) is 19.8 Å². The standard InChI is InChI=1S/C14H25NO3/c1-13(2)5-3-4-11(13)12(16)15-10-14(17)6-8-18-9-7-14/h11,17H,3-10H2,1-2H3,(H,15,16). The van der Waals surface area contributed by atoms with E-state index < -0.39 is 5.60 Å². The van der Waals surface area contributed by atoms with E-state index in [-0.39, 0.29) is 17.2 Å². The highest BCUT2D eigenvalue weighted by Crippen LogP contribution is 2.42. The Bertz CT molecular complexity index is 308. The lowest BCUT2D eigenvalue weighted by atomic mass is 9.81. The summed E-state index contributed by atoms with van der Waals surface area (Å²) >= 11 is 0. The lowest BCUT2D eigenvalue weighted by Gasteiger charge is -2.33. The van der Waals surface area contributed by atoms with Crippen molar-refractivity contribution < 1.29 is 14.6 Å². The highest BCUT2D eigenvalue weighted by Gasteiger charge is 2.40. The maximum atomic E-state index is 12.2. The van der Waals surface area contributed by atoms with Gasteiger partial charge in [0.15, 0.2) is 0 Å². The molecule has 1 saturated heterocycles. The lowest BCUT2D eigenvalue weighted by Crippen LogP contribution is -2.48. The van der Waals surface area contributed by atoms with Crippen LogP contribution in [-0.2, 0) is 9.53 Å². The third kappa shape index (κ3) is 3.04. The molecule has 104 valence electrons. The monoisotopic (exact) mass is 255 g/mol. The first-order valence-corrected chi connectivity index (χ1v) is 7.01. The van der Waals surface area contributed by atoms with Crippen molar-refractivity contribution in [3.63, 3.8) is 0 Å². The predicted molar refractivity (Wildman–Crippen MR) is 69.1 cm³/mol. The molecule has 1 aliphatic heterocycles. The Labute approximate surface area is 109 Å². The van der Waals surface area contributed by atoms with Crippen LogP contribution in [0, 0.1) is 11.3 Å². The molecule has 2 fully saturated rings. The quantitative estimate of drug-likeness (QED) is 0.803. The van der Waals surface area contributed by atoms with Gasteiger partial charge in [0.05, 0.1) is 5.60 Å². The molecule has 1 amide bonds. The Morgan fingerprint density at radius 2 is 2.00 bits per heavy atom. The molecule has 1 heterocycles. The maximum Gasteiger partial charge on any atom is 0.223 e. The third-order valence-corrected chi connectivity index (χ3v) is 4.59. The van der Waals surface area contributed by atoms with Crippen LogP contribution in [0.4, 0.5) is 0 Å². The van der Waals surface area contributed by atoms with E-state index in [1.807, 2.05) is 0 Å². The molecule has 2 N–H and O–H groups in total. The van der Waals surface area contributed by atoms with Crippen LogP contribution < -0.4 is 5.32 Å². The Kier molecular flexibility index (Phi) is 3.97. The number of hydrogen-bond donors (Lipinski definition) is 2. The first-order chi connectivity index (χ1) is 8.43. The molecule has 4 nitrogen and oxygen atoms in total. The van der Waals surface area contributed by atoms with Gasteiger partial charge in [0, 0.05) is 38.5 Å². The van der Waals surface area contributed by atoms with Crippen molar-refractivity contribution in [2.45, 2.75) is 51.6 Å². The molecule has 0 aromatic heterocycles. The normalized spacial score (nSPS) is 30.1. The van der Waals surface area contributed by atoms with Crippen molar-refractivity contribution in [2.24, 2.45) is 11.3 Å². The molecule has 2 aliphatic rings. The van der Waals surface area contributed by atoms with Crippen LogP contribution in [0.2, 0.25) is 0 Å². The summed E-state index contributed by atoms with van der Waals surface area (Å²) in [6.45, 7) is 5.85. The van der Waals surface area contributed by atoms with E-state index in [0.717, 1.165) is 19.3 Å². The third-order valence-electron chi connectivity index (χ3n) is 4.59. The number of carbonyl (C=O) groups is 1. The fraction of sp³-hybridized carbons (Fsp3) is 0.929. The molecule has 18 heavy (non-hydrogen) atoms. The summed E-state index contributed by atoms with van der Waals surface area (Å²) in [5, 5.41) is 13.2. The van der Waals surface area contributed by atoms with E-state index in [1.54, 1.807) is 0 Å². The molecule has 0 aromatic carbocycles. The summed E-state index contributed by atoms with van der Waals surface area (Å²) in [6.07, 6.45) is 4.44. The number of nitrogens with one attached hydrogen (secondary N) is 1. The van der Waals surface area contributed by atoms with E-state index >= 15 is 0 Å². The number of ether oxygens (including phenoxy) is 1. The first kappa shape index (κ1) is 13.8. The van der Waals surface area contributed by atoms with Gasteiger partial charge in [0.1, 0.15) is 0 Å². The van der Waals surface area contributed by atoms with E-state index in [2.05, 4.69) is 19.2 Å². The molecule has 0 spiro atoms.